The lowest BCUT2D eigenvalue weighted by Gasteiger charge is -2.17. The van der Waals surface area contributed by atoms with Gasteiger partial charge in [0.15, 0.2) is 0 Å². The Morgan fingerprint density at radius 3 is 2.06 bits per heavy atom. The predicted octanol–water partition coefficient (Wildman–Crippen LogP) is 5.39. The lowest BCUT2D eigenvalue weighted by molar-refractivity contribution is -0.116. The molecule has 1 unspecified atom stereocenters. The van der Waals surface area contributed by atoms with Crippen LogP contribution in [0.15, 0.2) is 83.8 Å². The summed E-state index contributed by atoms with van der Waals surface area (Å²) in [6, 6.07) is 23.5. The van der Waals surface area contributed by atoms with Gasteiger partial charge < -0.3 is 16.4 Å². The van der Waals surface area contributed by atoms with Gasteiger partial charge in [-0.25, -0.2) is 0 Å². The molecule has 170 valence electrons. The number of nitrogens with two attached hydrogens (primary N) is 1. The number of unbranched alkanes of at least 4 members (excludes halogenated alkanes) is 1. The highest BCUT2D eigenvalue weighted by atomic mass is 32.2. The first-order chi connectivity index (χ1) is 16.0. The highest BCUT2D eigenvalue weighted by Gasteiger charge is 2.22. The monoisotopic (exact) mass is 461 g/mol. The third kappa shape index (κ3) is 7.22. The summed E-state index contributed by atoms with van der Waals surface area (Å²) >= 11 is 1.42. The van der Waals surface area contributed by atoms with Crippen LogP contribution in [0, 0.1) is 0 Å². The summed E-state index contributed by atoms with van der Waals surface area (Å²) in [6.45, 7) is 2.05. The lowest BCUT2D eigenvalue weighted by atomic mass is 10.1. The number of primary amides is 1. The zero-order chi connectivity index (χ0) is 23.6. The second kappa shape index (κ2) is 11.9. The maximum atomic E-state index is 13.2. The summed E-state index contributed by atoms with van der Waals surface area (Å²) in [6.07, 6.45) is 2.34. The summed E-state index contributed by atoms with van der Waals surface area (Å²) in [5.74, 6) is -0.702. The Kier molecular flexibility index (Phi) is 8.66. The van der Waals surface area contributed by atoms with Crippen molar-refractivity contribution in [3.63, 3.8) is 0 Å². The molecule has 0 saturated heterocycles. The number of rotatable bonds is 10. The van der Waals surface area contributed by atoms with E-state index in [1.54, 1.807) is 24.3 Å². The first-order valence-electron chi connectivity index (χ1n) is 10.8. The average molecular weight is 462 g/mol. The van der Waals surface area contributed by atoms with E-state index in [0.29, 0.717) is 17.7 Å². The summed E-state index contributed by atoms with van der Waals surface area (Å²) in [5.41, 5.74) is 7.84. The number of anilines is 2. The van der Waals surface area contributed by atoms with Gasteiger partial charge in [0, 0.05) is 28.3 Å². The van der Waals surface area contributed by atoms with Crippen molar-refractivity contribution in [1.82, 2.24) is 0 Å². The number of hydrogen-bond acceptors (Lipinski definition) is 4. The molecule has 0 aliphatic rings. The fourth-order valence-electron chi connectivity index (χ4n) is 3.14. The molecule has 0 saturated carbocycles. The van der Waals surface area contributed by atoms with E-state index in [9.17, 15) is 14.4 Å². The standard InChI is InChI=1S/C26H27N3O3S/c1-2-3-9-23(30)28-20-14-16-22(17-15-20)33-24(18-7-5-4-6-8-18)26(32)29-21-12-10-19(11-13-21)25(27)31/h4-8,10-17,24H,2-3,9H2,1H3,(H2,27,31)(H,28,30)(H,29,32). The molecule has 3 aromatic rings. The van der Waals surface area contributed by atoms with Crippen LogP contribution < -0.4 is 16.4 Å². The molecule has 0 aromatic heterocycles. The molecule has 3 aromatic carbocycles. The van der Waals surface area contributed by atoms with Crippen LogP contribution in [0.3, 0.4) is 0 Å². The Morgan fingerprint density at radius 1 is 0.848 bits per heavy atom. The molecule has 0 heterocycles. The van der Waals surface area contributed by atoms with E-state index in [2.05, 4.69) is 17.6 Å². The minimum absolute atomic E-state index is 0.00106. The molecule has 3 rings (SSSR count). The third-order valence-corrected chi connectivity index (χ3v) is 6.19. The van der Waals surface area contributed by atoms with Crippen LogP contribution >= 0.6 is 11.8 Å². The largest absolute Gasteiger partial charge is 0.366 e. The highest BCUT2D eigenvalue weighted by Crippen LogP contribution is 2.36. The minimum atomic E-state index is -0.518. The van der Waals surface area contributed by atoms with Gasteiger partial charge in [0.1, 0.15) is 5.25 Å². The van der Waals surface area contributed by atoms with Crippen LogP contribution in [0.1, 0.15) is 47.4 Å². The van der Waals surface area contributed by atoms with Crippen LogP contribution in [0.4, 0.5) is 11.4 Å². The van der Waals surface area contributed by atoms with Gasteiger partial charge >= 0.3 is 0 Å². The first-order valence-corrected chi connectivity index (χ1v) is 11.7. The highest BCUT2D eigenvalue weighted by molar-refractivity contribution is 8.00. The Balaban J connectivity index is 1.72. The maximum Gasteiger partial charge on any atom is 0.248 e. The van der Waals surface area contributed by atoms with Crippen molar-refractivity contribution < 1.29 is 14.4 Å². The zero-order valence-corrected chi connectivity index (χ0v) is 19.2. The van der Waals surface area contributed by atoms with Crippen LogP contribution in [0.25, 0.3) is 0 Å². The predicted molar refractivity (Wildman–Crippen MR) is 133 cm³/mol. The van der Waals surface area contributed by atoms with E-state index in [-0.39, 0.29) is 11.8 Å². The number of nitrogens with one attached hydrogen (secondary N) is 2. The molecule has 33 heavy (non-hydrogen) atoms. The van der Waals surface area contributed by atoms with E-state index in [4.69, 9.17) is 5.73 Å². The van der Waals surface area contributed by atoms with Crippen molar-refractivity contribution >= 4 is 40.9 Å². The van der Waals surface area contributed by atoms with Crippen molar-refractivity contribution in [2.24, 2.45) is 5.73 Å². The minimum Gasteiger partial charge on any atom is -0.366 e. The van der Waals surface area contributed by atoms with E-state index in [1.807, 2.05) is 54.6 Å². The van der Waals surface area contributed by atoms with E-state index in [0.717, 1.165) is 29.0 Å². The van der Waals surface area contributed by atoms with Crippen LogP contribution in [0.5, 0.6) is 0 Å². The molecule has 0 bridgehead atoms. The molecule has 0 aliphatic heterocycles. The molecule has 7 heteroatoms. The van der Waals surface area contributed by atoms with E-state index in [1.165, 1.54) is 11.8 Å². The molecule has 0 spiro atoms. The van der Waals surface area contributed by atoms with Gasteiger partial charge in [-0.05, 0) is 60.5 Å². The normalized spacial score (nSPS) is 11.4. The number of hydrogen-bond donors (Lipinski definition) is 3. The van der Waals surface area contributed by atoms with Crippen LogP contribution in [0.2, 0.25) is 0 Å². The number of benzene rings is 3. The van der Waals surface area contributed by atoms with Crippen molar-refractivity contribution in [3.8, 4) is 0 Å². The number of thioether (sulfide) groups is 1. The fourth-order valence-corrected chi connectivity index (χ4v) is 4.16. The third-order valence-electron chi connectivity index (χ3n) is 4.93. The Hall–Kier alpha value is -3.58. The quantitative estimate of drug-likeness (QED) is 0.353. The van der Waals surface area contributed by atoms with Crippen molar-refractivity contribution in [2.45, 2.75) is 36.3 Å². The molecule has 0 radical (unpaired) electrons. The fraction of sp³-hybridized carbons (Fsp3) is 0.192. The zero-order valence-electron chi connectivity index (χ0n) is 18.4. The van der Waals surface area contributed by atoms with Gasteiger partial charge in [-0.2, -0.15) is 0 Å². The van der Waals surface area contributed by atoms with Crippen LogP contribution in [-0.4, -0.2) is 17.7 Å². The van der Waals surface area contributed by atoms with Crippen molar-refractivity contribution in [3.05, 3.63) is 90.0 Å². The molecule has 1 atom stereocenters. The lowest BCUT2D eigenvalue weighted by Crippen LogP contribution is -2.19. The Bertz CT molecular complexity index is 1080. The Labute approximate surface area is 198 Å². The maximum absolute atomic E-state index is 13.2. The summed E-state index contributed by atoms with van der Waals surface area (Å²) < 4.78 is 0. The molecule has 6 nitrogen and oxygen atoms in total. The Morgan fingerprint density at radius 2 is 1.45 bits per heavy atom. The van der Waals surface area contributed by atoms with Gasteiger partial charge in [0.25, 0.3) is 0 Å². The average Bonchev–Trinajstić information content (AvgIpc) is 2.83. The van der Waals surface area contributed by atoms with Crippen LogP contribution in [-0.2, 0) is 9.59 Å². The summed E-state index contributed by atoms with van der Waals surface area (Å²) in [7, 11) is 0. The number of amides is 3. The molecule has 0 fully saturated rings. The summed E-state index contributed by atoms with van der Waals surface area (Å²) in [4.78, 5) is 37.3. The van der Waals surface area contributed by atoms with Crippen molar-refractivity contribution in [2.75, 3.05) is 10.6 Å². The van der Waals surface area contributed by atoms with Gasteiger partial charge in [-0.15, -0.1) is 11.8 Å². The SMILES string of the molecule is CCCCC(=O)Nc1ccc(SC(C(=O)Nc2ccc(C(N)=O)cc2)c2ccccc2)cc1. The molecular formula is C26H27N3O3S. The molecule has 0 aliphatic carbocycles. The van der Waals surface area contributed by atoms with Crippen molar-refractivity contribution in [1.29, 1.82) is 0 Å². The summed E-state index contributed by atoms with van der Waals surface area (Å²) in [5, 5.41) is 5.32. The van der Waals surface area contributed by atoms with E-state index >= 15 is 0 Å². The van der Waals surface area contributed by atoms with Gasteiger partial charge in [-0.1, -0.05) is 43.7 Å². The second-order valence-electron chi connectivity index (χ2n) is 7.52. The molecule has 4 N–H and O–H groups in total. The smallest absolute Gasteiger partial charge is 0.248 e. The number of carbonyl (C=O) groups is 3. The van der Waals surface area contributed by atoms with E-state index < -0.39 is 11.2 Å². The van der Waals surface area contributed by atoms with Gasteiger partial charge in [-0.3, -0.25) is 14.4 Å². The first kappa shape index (κ1) is 24.1. The second-order valence-corrected chi connectivity index (χ2v) is 8.69. The number of carbonyl (C=O) groups excluding carboxylic acids is 3. The van der Waals surface area contributed by atoms with Gasteiger partial charge in [0.05, 0.1) is 0 Å². The van der Waals surface area contributed by atoms with Gasteiger partial charge in [0.2, 0.25) is 17.7 Å². The topological polar surface area (TPSA) is 101 Å². The molecular weight excluding hydrogens is 434 g/mol. The molecule has 3 amide bonds.